The van der Waals surface area contributed by atoms with Crippen LogP contribution in [0.3, 0.4) is 0 Å². The number of pyridine rings is 1. The fourth-order valence-corrected chi connectivity index (χ4v) is 1.83. The molecule has 2 rings (SSSR count). The molecule has 0 saturated heterocycles. The van der Waals surface area contributed by atoms with Crippen LogP contribution in [0.15, 0.2) is 30.5 Å². The van der Waals surface area contributed by atoms with Gasteiger partial charge in [-0.3, -0.25) is 19.3 Å². The van der Waals surface area contributed by atoms with Crippen molar-refractivity contribution in [2.45, 2.75) is 13.5 Å². The van der Waals surface area contributed by atoms with Gasteiger partial charge in [-0.2, -0.15) is 5.10 Å². The summed E-state index contributed by atoms with van der Waals surface area (Å²) in [4.78, 5) is 27.7. The first kappa shape index (κ1) is 14.7. The molecule has 21 heavy (non-hydrogen) atoms. The molecule has 7 heteroatoms. The molecule has 110 valence electrons. The number of hydrogen-bond donors (Lipinski definition) is 2. The van der Waals surface area contributed by atoms with E-state index in [1.165, 1.54) is 4.68 Å². The second-order valence-electron chi connectivity index (χ2n) is 4.58. The van der Waals surface area contributed by atoms with Crippen molar-refractivity contribution in [3.05, 3.63) is 47.5 Å². The highest BCUT2D eigenvalue weighted by Crippen LogP contribution is 2.00. The molecule has 0 aliphatic rings. The van der Waals surface area contributed by atoms with Gasteiger partial charge >= 0.3 is 0 Å². The van der Waals surface area contributed by atoms with Crippen LogP contribution in [0.2, 0.25) is 0 Å². The van der Waals surface area contributed by atoms with E-state index in [2.05, 4.69) is 20.7 Å². The maximum absolute atomic E-state index is 11.9. The summed E-state index contributed by atoms with van der Waals surface area (Å²) >= 11 is 0. The maximum Gasteiger partial charge on any atom is 0.269 e. The fraction of sp³-hybridized carbons (Fsp3) is 0.286. The van der Waals surface area contributed by atoms with Gasteiger partial charge in [0.25, 0.3) is 5.91 Å². The Hall–Kier alpha value is -2.70. The first-order valence-corrected chi connectivity index (χ1v) is 6.51. The lowest BCUT2D eigenvalue weighted by Gasteiger charge is -2.06. The van der Waals surface area contributed by atoms with E-state index in [0.29, 0.717) is 12.2 Å². The van der Waals surface area contributed by atoms with Crippen LogP contribution in [0.4, 0.5) is 0 Å². The minimum atomic E-state index is -0.328. The van der Waals surface area contributed by atoms with Crippen LogP contribution in [0.25, 0.3) is 0 Å². The predicted molar refractivity (Wildman–Crippen MR) is 76.4 cm³/mol. The lowest BCUT2D eigenvalue weighted by molar-refractivity contribution is -0.120. The van der Waals surface area contributed by atoms with Gasteiger partial charge in [-0.15, -0.1) is 0 Å². The van der Waals surface area contributed by atoms with E-state index in [-0.39, 0.29) is 18.4 Å². The summed E-state index contributed by atoms with van der Waals surface area (Å²) in [5, 5.41) is 9.33. The highest BCUT2D eigenvalue weighted by molar-refractivity contribution is 5.95. The molecule has 0 aliphatic heterocycles. The van der Waals surface area contributed by atoms with Crippen molar-refractivity contribution in [1.29, 1.82) is 0 Å². The van der Waals surface area contributed by atoms with Gasteiger partial charge in [-0.05, 0) is 25.1 Å². The highest BCUT2D eigenvalue weighted by atomic mass is 16.2. The van der Waals surface area contributed by atoms with Crippen LogP contribution in [0, 0.1) is 6.92 Å². The van der Waals surface area contributed by atoms with Crippen LogP contribution >= 0.6 is 0 Å². The zero-order valence-electron chi connectivity index (χ0n) is 12.0. The van der Waals surface area contributed by atoms with Gasteiger partial charge in [-0.1, -0.05) is 6.07 Å². The van der Waals surface area contributed by atoms with Gasteiger partial charge in [0.1, 0.15) is 5.69 Å². The van der Waals surface area contributed by atoms with E-state index >= 15 is 0 Å². The van der Waals surface area contributed by atoms with Crippen molar-refractivity contribution in [1.82, 2.24) is 25.4 Å². The number of carbonyl (C=O) groups excluding carboxylic acids is 2. The molecule has 2 N–H and O–H groups in total. The van der Waals surface area contributed by atoms with Crippen LogP contribution in [0.5, 0.6) is 0 Å². The van der Waals surface area contributed by atoms with Crippen molar-refractivity contribution in [3.8, 4) is 0 Å². The molecular weight excluding hydrogens is 270 g/mol. The zero-order chi connectivity index (χ0) is 15.2. The number of rotatable bonds is 5. The van der Waals surface area contributed by atoms with Gasteiger partial charge in [0, 0.05) is 13.2 Å². The van der Waals surface area contributed by atoms with Gasteiger partial charge in [0.2, 0.25) is 5.91 Å². The lowest BCUT2D eigenvalue weighted by Crippen LogP contribution is -2.37. The second-order valence-corrected chi connectivity index (χ2v) is 4.58. The van der Waals surface area contributed by atoms with E-state index in [4.69, 9.17) is 0 Å². The third kappa shape index (κ3) is 4.13. The van der Waals surface area contributed by atoms with E-state index in [1.807, 2.05) is 12.1 Å². The summed E-state index contributed by atoms with van der Waals surface area (Å²) < 4.78 is 1.48. The van der Waals surface area contributed by atoms with E-state index < -0.39 is 0 Å². The molecule has 0 bridgehead atoms. The maximum atomic E-state index is 11.9. The number of aromatic nitrogens is 3. The Morgan fingerprint density at radius 3 is 2.71 bits per heavy atom. The third-order valence-electron chi connectivity index (χ3n) is 2.84. The summed E-state index contributed by atoms with van der Waals surface area (Å²) in [6.45, 7) is 2.05. The number of nitrogens with zero attached hydrogens (tertiary/aromatic N) is 3. The summed E-state index contributed by atoms with van der Waals surface area (Å²) in [6.07, 6.45) is 1.66. The Morgan fingerprint density at radius 1 is 1.29 bits per heavy atom. The minimum Gasteiger partial charge on any atom is -0.349 e. The van der Waals surface area contributed by atoms with Gasteiger partial charge < -0.3 is 10.6 Å². The molecule has 0 saturated carbocycles. The number of amides is 2. The molecule has 7 nitrogen and oxygen atoms in total. The monoisotopic (exact) mass is 287 g/mol. The third-order valence-corrected chi connectivity index (χ3v) is 2.84. The number of carbonyl (C=O) groups is 2. The molecule has 2 heterocycles. The van der Waals surface area contributed by atoms with Crippen LogP contribution in [0.1, 0.15) is 21.9 Å². The number of aryl methyl sites for hydroxylation is 2. The van der Waals surface area contributed by atoms with Gasteiger partial charge in [0.15, 0.2) is 0 Å². The van der Waals surface area contributed by atoms with E-state index in [0.717, 1.165) is 11.4 Å². The molecule has 0 aromatic carbocycles. The van der Waals surface area contributed by atoms with E-state index in [1.54, 1.807) is 32.3 Å². The second kappa shape index (κ2) is 6.65. The van der Waals surface area contributed by atoms with Crippen molar-refractivity contribution in [3.63, 3.8) is 0 Å². The van der Waals surface area contributed by atoms with Crippen LogP contribution < -0.4 is 10.6 Å². The SMILES string of the molecule is Cc1cc(C(=O)NCC(=O)NCc2ccccn2)n(C)n1. The Bertz CT molecular complexity index is 636. The average Bonchev–Trinajstić information content (AvgIpc) is 2.82. The molecule has 2 aromatic rings. The van der Waals surface area contributed by atoms with Crippen molar-refractivity contribution >= 4 is 11.8 Å². The molecule has 0 unspecified atom stereocenters. The van der Waals surface area contributed by atoms with Crippen LogP contribution in [-0.4, -0.2) is 33.1 Å². The summed E-state index contributed by atoms with van der Waals surface area (Å²) in [7, 11) is 1.68. The quantitative estimate of drug-likeness (QED) is 0.820. The summed E-state index contributed by atoms with van der Waals surface area (Å²) in [5.74, 6) is -0.598. The van der Waals surface area contributed by atoms with E-state index in [9.17, 15) is 9.59 Å². The normalized spacial score (nSPS) is 10.2. The smallest absolute Gasteiger partial charge is 0.269 e. The first-order chi connectivity index (χ1) is 10.1. The Balaban J connectivity index is 1.79. The number of nitrogens with one attached hydrogen (secondary N) is 2. The molecule has 0 radical (unpaired) electrons. The predicted octanol–water partition coefficient (Wildman–Crippen LogP) is 0.170. The Labute approximate surface area is 122 Å². The fourth-order valence-electron chi connectivity index (χ4n) is 1.83. The standard InChI is InChI=1S/C14H17N5O2/c1-10-7-12(19(2)18-10)14(21)17-9-13(20)16-8-11-5-3-4-6-15-11/h3-7H,8-9H2,1-2H3,(H,16,20)(H,17,21). The van der Waals surface area contributed by atoms with Gasteiger partial charge in [0.05, 0.1) is 24.5 Å². The Morgan fingerprint density at radius 2 is 2.10 bits per heavy atom. The molecule has 0 aliphatic carbocycles. The van der Waals surface area contributed by atoms with Crippen molar-refractivity contribution in [2.24, 2.45) is 7.05 Å². The first-order valence-electron chi connectivity index (χ1n) is 6.51. The topological polar surface area (TPSA) is 88.9 Å². The molecule has 0 spiro atoms. The molecule has 0 fully saturated rings. The largest absolute Gasteiger partial charge is 0.349 e. The molecule has 2 amide bonds. The van der Waals surface area contributed by atoms with Gasteiger partial charge in [-0.25, -0.2) is 0 Å². The molecule has 2 aromatic heterocycles. The molecule has 0 atom stereocenters. The minimum absolute atomic E-state index is 0.0874. The van der Waals surface area contributed by atoms with Crippen LogP contribution in [-0.2, 0) is 18.4 Å². The summed E-state index contributed by atoms with van der Waals surface area (Å²) in [6, 6.07) is 7.14. The number of hydrogen-bond acceptors (Lipinski definition) is 4. The highest BCUT2D eigenvalue weighted by Gasteiger charge is 2.12. The van der Waals surface area contributed by atoms with Crippen molar-refractivity contribution < 1.29 is 9.59 Å². The Kier molecular flexibility index (Phi) is 4.65. The lowest BCUT2D eigenvalue weighted by atomic mass is 10.3. The summed E-state index contributed by atoms with van der Waals surface area (Å²) in [5.41, 5.74) is 1.94. The zero-order valence-corrected chi connectivity index (χ0v) is 12.0. The molecular formula is C14H17N5O2. The van der Waals surface area contributed by atoms with Crippen molar-refractivity contribution in [2.75, 3.05) is 6.54 Å². The average molecular weight is 287 g/mol.